The van der Waals surface area contributed by atoms with Crippen molar-refractivity contribution in [3.8, 4) is 28.9 Å². The van der Waals surface area contributed by atoms with E-state index in [2.05, 4.69) is 20.4 Å². The zero-order valence-electron chi connectivity index (χ0n) is 17.3. The van der Waals surface area contributed by atoms with Crippen LogP contribution in [0.2, 0.25) is 0 Å². The molecule has 0 aliphatic heterocycles. The molecule has 1 amide bonds. The Bertz CT molecular complexity index is 1120. The number of carbonyl (C=O) groups is 1. The Morgan fingerprint density at radius 3 is 2.61 bits per heavy atom. The number of ether oxygens (including phenoxy) is 2. The fourth-order valence-corrected chi connectivity index (χ4v) is 3.04. The summed E-state index contributed by atoms with van der Waals surface area (Å²) in [5.74, 6) is 2.12. The van der Waals surface area contributed by atoms with Crippen LogP contribution in [0.1, 0.15) is 18.4 Å². The summed E-state index contributed by atoms with van der Waals surface area (Å²) in [7, 11) is 3.12. The van der Waals surface area contributed by atoms with Gasteiger partial charge < -0.3 is 19.2 Å². The first-order chi connectivity index (χ1) is 15.1. The summed E-state index contributed by atoms with van der Waals surface area (Å²) in [4.78, 5) is 21.9. The molecule has 0 radical (unpaired) electrons. The molecule has 0 saturated heterocycles. The van der Waals surface area contributed by atoms with Crippen LogP contribution in [-0.4, -0.2) is 39.9 Å². The van der Waals surface area contributed by atoms with E-state index in [4.69, 9.17) is 13.9 Å². The summed E-state index contributed by atoms with van der Waals surface area (Å²) in [6, 6.07) is 12.3. The number of hydrogen-bond donors (Lipinski definition) is 1. The predicted octanol–water partition coefficient (Wildman–Crippen LogP) is 3.68. The molecule has 1 N–H and O–H groups in total. The minimum absolute atomic E-state index is 0.234. The fraction of sp³-hybridized carbons (Fsp3) is 0.182. The molecule has 0 bridgehead atoms. The number of aromatic nitrogens is 4. The molecular formula is C22H21N5O4. The lowest BCUT2D eigenvalue weighted by Gasteiger charge is -2.15. The third-order valence-corrected chi connectivity index (χ3v) is 4.75. The van der Waals surface area contributed by atoms with Crippen LogP contribution in [0.4, 0.5) is 5.82 Å². The van der Waals surface area contributed by atoms with E-state index in [0.29, 0.717) is 34.7 Å². The van der Waals surface area contributed by atoms with Crippen LogP contribution in [-0.2, 0) is 4.79 Å². The second-order valence-electron chi connectivity index (χ2n) is 6.69. The van der Waals surface area contributed by atoms with E-state index in [9.17, 15) is 4.79 Å². The van der Waals surface area contributed by atoms with Crippen molar-refractivity contribution in [1.29, 1.82) is 0 Å². The third kappa shape index (κ3) is 4.25. The molecule has 0 saturated carbocycles. The number of rotatable bonds is 7. The van der Waals surface area contributed by atoms with Gasteiger partial charge in [0, 0.05) is 18.5 Å². The van der Waals surface area contributed by atoms with Crippen LogP contribution in [0, 0.1) is 0 Å². The van der Waals surface area contributed by atoms with Crippen molar-refractivity contribution in [3.05, 3.63) is 66.7 Å². The first kappa shape index (κ1) is 20.1. The zero-order valence-corrected chi connectivity index (χ0v) is 17.3. The molecule has 4 rings (SSSR count). The van der Waals surface area contributed by atoms with Crippen LogP contribution < -0.4 is 14.8 Å². The standard InChI is InChI=1S/C22H21N5O4/c1-14(15-7-8-16(29-2)18(12-15)30-3)22(28)25-19-13-20(27-10-5-9-23-27)26-21(24-19)17-6-4-11-31-17/h4-14H,1-3H3,(H,24,25,26,28). The first-order valence-corrected chi connectivity index (χ1v) is 9.55. The minimum atomic E-state index is -0.463. The smallest absolute Gasteiger partial charge is 0.232 e. The van der Waals surface area contributed by atoms with E-state index in [1.807, 2.05) is 6.07 Å². The van der Waals surface area contributed by atoms with Crippen molar-refractivity contribution in [1.82, 2.24) is 19.7 Å². The summed E-state index contributed by atoms with van der Waals surface area (Å²) in [6.45, 7) is 1.81. The molecule has 1 aromatic carbocycles. The molecule has 3 aromatic heterocycles. The number of hydrogen-bond acceptors (Lipinski definition) is 7. The van der Waals surface area contributed by atoms with E-state index >= 15 is 0 Å². The second kappa shape index (κ2) is 8.70. The number of nitrogens with zero attached hydrogens (tertiary/aromatic N) is 4. The molecule has 31 heavy (non-hydrogen) atoms. The molecule has 0 spiro atoms. The maximum absolute atomic E-state index is 13.0. The van der Waals surface area contributed by atoms with Crippen LogP contribution >= 0.6 is 0 Å². The Kier molecular flexibility index (Phi) is 5.65. The average molecular weight is 419 g/mol. The molecule has 158 valence electrons. The zero-order chi connectivity index (χ0) is 21.8. The van der Waals surface area contributed by atoms with E-state index in [1.54, 1.807) is 74.6 Å². The minimum Gasteiger partial charge on any atom is -0.493 e. The molecule has 0 fully saturated rings. The van der Waals surface area contributed by atoms with Crippen molar-refractivity contribution in [3.63, 3.8) is 0 Å². The Balaban J connectivity index is 1.63. The van der Waals surface area contributed by atoms with Gasteiger partial charge in [-0.05, 0) is 42.8 Å². The Hall–Kier alpha value is -4.14. The number of anilines is 1. The maximum atomic E-state index is 13.0. The summed E-state index contributed by atoms with van der Waals surface area (Å²) in [5, 5.41) is 7.07. The van der Waals surface area contributed by atoms with Gasteiger partial charge in [-0.25, -0.2) is 14.6 Å². The summed E-state index contributed by atoms with van der Waals surface area (Å²) in [5.41, 5.74) is 0.780. The Labute approximate surface area is 178 Å². The number of benzene rings is 1. The highest BCUT2D eigenvalue weighted by molar-refractivity contribution is 5.95. The van der Waals surface area contributed by atoms with Gasteiger partial charge >= 0.3 is 0 Å². The summed E-state index contributed by atoms with van der Waals surface area (Å²) >= 11 is 0. The third-order valence-electron chi connectivity index (χ3n) is 4.75. The topological polar surface area (TPSA) is 104 Å². The van der Waals surface area contributed by atoms with Gasteiger partial charge in [0.25, 0.3) is 0 Å². The highest BCUT2D eigenvalue weighted by atomic mass is 16.5. The highest BCUT2D eigenvalue weighted by Gasteiger charge is 2.19. The first-order valence-electron chi connectivity index (χ1n) is 9.55. The monoisotopic (exact) mass is 419 g/mol. The Morgan fingerprint density at radius 1 is 1.10 bits per heavy atom. The van der Waals surface area contributed by atoms with Crippen LogP contribution in [0.15, 0.2) is 65.5 Å². The highest BCUT2D eigenvalue weighted by Crippen LogP contribution is 2.31. The normalized spacial score (nSPS) is 11.7. The van der Waals surface area contributed by atoms with Crippen molar-refractivity contribution in [2.45, 2.75) is 12.8 Å². The van der Waals surface area contributed by atoms with Crippen molar-refractivity contribution < 1.29 is 18.7 Å². The molecular weight excluding hydrogens is 398 g/mol. The summed E-state index contributed by atoms with van der Waals surface area (Å²) in [6.07, 6.45) is 4.94. The van der Waals surface area contributed by atoms with Crippen molar-refractivity contribution in [2.75, 3.05) is 19.5 Å². The number of carbonyl (C=O) groups excluding carboxylic acids is 1. The van der Waals surface area contributed by atoms with E-state index in [1.165, 1.54) is 6.26 Å². The molecule has 0 aliphatic carbocycles. The lowest BCUT2D eigenvalue weighted by Crippen LogP contribution is -2.20. The number of furan rings is 1. The van der Waals surface area contributed by atoms with Gasteiger partial charge in [0.2, 0.25) is 5.91 Å². The van der Waals surface area contributed by atoms with Gasteiger partial charge in [-0.1, -0.05) is 6.07 Å². The van der Waals surface area contributed by atoms with E-state index in [-0.39, 0.29) is 5.91 Å². The van der Waals surface area contributed by atoms with Crippen molar-refractivity contribution in [2.24, 2.45) is 0 Å². The molecule has 9 heteroatoms. The van der Waals surface area contributed by atoms with Crippen LogP contribution in [0.3, 0.4) is 0 Å². The maximum Gasteiger partial charge on any atom is 0.232 e. The number of methoxy groups -OCH3 is 2. The van der Waals surface area contributed by atoms with Gasteiger partial charge in [0.15, 0.2) is 28.9 Å². The largest absolute Gasteiger partial charge is 0.493 e. The lowest BCUT2D eigenvalue weighted by molar-refractivity contribution is -0.117. The van der Waals surface area contributed by atoms with Gasteiger partial charge in [0.05, 0.1) is 26.4 Å². The molecule has 9 nitrogen and oxygen atoms in total. The van der Waals surface area contributed by atoms with E-state index < -0.39 is 5.92 Å². The van der Waals surface area contributed by atoms with Gasteiger partial charge in [0.1, 0.15) is 5.82 Å². The molecule has 3 heterocycles. The van der Waals surface area contributed by atoms with E-state index in [0.717, 1.165) is 5.56 Å². The second-order valence-corrected chi connectivity index (χ2v) is 6.69. The van der Waals surface area contributed by atoms with Crippen LogP contribution in [0.5, 0.6) is 11.5 Å². The van der Waals surface area contributed by atoms with Gasteiger partial charge in [-0.2, -0.15) is 5.10 Å². The Morgan fingerprint density at radius 2 is 1.94 bits per heavy atom. The van der Waals surface area contributed by atoms with Gasteiger partial charge in [-0.3, -0.25) is 4.79 Å². The lowest BCUT2D eigenvalue weighted by atomic mass is 10.00. The molecule has 1 unspecified atom stereocenters. The number of nitrogens with one attached hydrogen (secondary N) is 1. The van der Waals surface area contributed by atoms with Gasteiger partial charge in [-0.15, -0.1) is 0 Å². The molecule has 1 atom stereocenters. The summed E-state index contributed by atoms with van der Waals surface area (Å²) < 4.78 is 17.6. The van der Waals surface area contributed by atoms with Crippen molar-refractivity contribution >= 4 is 11.7 Å². The average Bonchev–Trinajstić information content (AvgIpc) is 3.52. The molecule has 0 aliphatic rings. The SMILES string of the molecule is COc1ccc(C(C)C(=O)Nc2cc(-n3cccn3)nc(-c3ccco3)n2)cc1OC. The quantitative estimate of drug-likeness (QED) is 0.487. The fourth-order valence-electron chi connectivity index (χ4n) is 3.04. The van der Waals surface area contributed by atoms with Crippen LogP contribution in [0.25, 0.3) is 17.4 Å². The number of amides is 1. The molecule has 4 aromatic rings. The predicted molar refractivity (Wildman–Crippen MR) is 113 cm³/mol.